The van der Waals surface area contributed by atoms with E-state index in [0.717, 1.165) is 0 Å². The average molecular weight is 401 g/mol. The molecule has 0 unspecified atom stereocenters. The third-order valence-electron chi connectivity index (χ3n) is 2.69. The summed E-state index contributed by atoms with van der Waals surface area (Å²) in [5.74, 6) is 0.278. The van der Waals surface area contributed by atoms with Gasteiger partial charge in [0.1, 0.15) is 15.7 Å². The molecule has 0 saturated carbocycles. The third-order valence-corrected chi connectivity index (χ3v) is 5.83. The summed E-state index contributed by atoms with van der Waals surface area (Å²) in [5.41, 5.74) is 0.248. The van der Waals surface area contributed by atoms with Gasteiger partial charge < -0.3 is 4.74 Å². The van der Waals surface area contributed by atoms with E-state index in [1.165, 1.54) is 37.4 Å². The largest absolute Gasteiger partial charge is 0.495 e. The molecule has 22 heavy (non-hydrogen) atoms. The fourth-order valence-corrected chi connectivity index (χ4v) is 3.84. The van der Waals surface area contributed by atoms with E-state index in [2.05, 4.69) is 4.72 Å². The van der Waals surface area contributed by atoms with Crippen molar-refractivity contribution >= 4 is 62.1 Å². The van der Waals surface area contributed by atoms with E-state index in [1.54, 1.807) is 0 Å². The molecule has 0 aliphatic heterocycles. The van der Waals surface area contributed by atoms with Crippen LogP contribution in [0.2, 0.25) is 20.1 Å². The summed E-state index contributed by atoms with van der Waals surface area (Å²) < 4.78 is 32.1. The first kappa shape index (κ1) is 17.5. The smallest absolute Gasteiger partial charge is 0.263 e. The van der Waals surface area contributed by atoms with E-state index >= 15 is 0 Å². The summed E-state index contributed by atoms with van der Waals surface area (Å²) in [7, 11) is -2.54. The first-order valence-corrected chi connectivity index (χ1v) is 8.75. The van der Waals surface area contributed by atoms with Crippen LogP contribution in [0.5, 0.6) is 5.75 Å². The van der Waals surface area contributed by atoms with Crippen LogP contribution in [-0.4, -0.2) is 15.5 Å². The Balaban J connectivity index is 2.42. The highest BCUT2D eigenvalue weighted by Crippen LogP contribution is 2.37. The van der Waals surface area contributed by atoms with Gasteiger partial charge in [-0.1, -0.05) is 46.4 Å². The highest BCUT2D eigenvalue weighted by atomic mass is 35.5. The summed E-state index contributed by atoms with van der Waals surface area (Å²) in [6, 6.07) is 7.06. The number of rotatable bonds is 4. The summed E-state index contributed by atoms with van der Waals surface area (Å²) >= 11 is 23.6. The minimum Gasteiger partial charge on any atom is -0.495 e. The number of methoxy groups -OCH3 is 1. The van der Waals surface area contributed by atoms with Gasteiger partial charge in [0.05, 0.1) is 27.9 Å². The molecule has 9 heteroatoms. The van der Waals surface area contributed by atoms with Crippen molar-refractivity contribution in [3.05, 3.63) is 50.4 Å². The number of nitrogens with one attached hydrogen (secondary N) is 1. The van der Waals surface area contributed by atoms with E-state index in [4.69, 9.17) is 51.1 Å². The lowest BCUT2D eigenvalue weighted by molar-refractivity contribution is 0.414. The average Bonchev–Trinajstić information content (AvgIpc) is 2.45. The summed E-state index contributed by atoms with van der Waals surface area (Å²) in [4.78, 5) is -0.175. The van der Waals surface area contributed by atoms with Crippen LogP contribution in [0.3, 0.4) is 0 Å². The molecule has 118 valence electrons. The lowest BCUT2D eigenvalue weighted by Crippen LogP contribution is -2.13. The van der Waals surface area contributed by atoms with Gasteiger partial charge in [0, 0.05) is 0 Å². The zero-order valence-corrected chi connectivity index (χ0v) is 14.9. The SMILES string of the molecule is COc1ccc(S(=O)(=O)Nc2ccc(Cl)c(Cl)c2)c(Cl)c1Cl. The molecule has 0 aliphatic rings. The quantitative estimate of drug-likeness (QED) is 0.775. The van der Waals surface area contributed by atoms with Crippen LogP contribution in [0.15, 0.2) is 35.2 Å². The van der Waals surface area contributed by atoms with Crippen LogP contribution >= 0.6 is 46.4 Å². The Bertz CT molecular complexity index is 824. The second-order valence-electron chi connectivity index (χ2n) is 4.13. The van der Waals surface area contributed by atoms with Crippen LogP contribution in [0.25, 0.3) is 0 Å². The summed E-state index contributed by atoms with van der Waals surface area (Å²) in [5, 5.41) is 0.422. The third kappa shape index (κ3) is 3.55. The van der Waals surface area contributed by atoms with Crippen molar-refractivity contribution in [3.8, 4) is 5.75 Å². The van der Waals surface area contributed by atoms with Crippen LogP contribution in [-0.2, 0) is 10.0 Å². The van der Waals surface area contributed by atoms with Gasteiger partial charge in [-0.2, -0.15) is 0 Å². The van der Waals surface area contributed by atoms with Crippen molar-refractivity contribution in [1.82, 2.24) is 0 Å². The van der Waals surface area contributed by atoms with Gasteiger partial charge in [0.25, 0.3) is 10.0 Å². The molecule has 2 aromatic carbocycles. The second-order valence-corrected chi connectivity index (χ2v) is 7.35. The first-order chi connectivity index (χ1) is 10.3. The van der Waals surface area contributed by atoms with Gasteiger partial charge in [-0.15, -0.1) is 0 Å². The lowest BCUT2D eigenvalue weighted by atomic mass is 10.3. The van der Waals surface area contributed by atoms with Crippen molar-refractivity contribution < 1.29 is 13.2 Å². The van der Waals surface area contributed by atoms with E-state index in [0.29, 0.717) is 5.02 Å². The Labute approximate surface area is 147 Å². The van der Waals surface area contributed by atoms with Gasteiger partial charge in [-0.05, 0) is 30.3 Å². The van der Waals surface area contributed by atoms with E-state index in [9.17, 15) is 8.42 Å². The van der Waals surface area contributed by atoms with Crippen molar-refractivity contribution in [2.45, 2.75) is 4.90 Å². The Morgan fingerprint density at radius 1 is 0.955 bits per heavy atom. The van der Waals surface area contributed by atoms with Gasteiger partial charge in [-0.25, -0.2) is 8.42 Å². The summed E-state index contributed by atoms with van der Waals surface area (Å²) in [6.45, 7) is 0. The molecule has 1 N–H and O–H groups in total. The van der Waals surface area contributed by atoms with E-state index < -0.39 is 10.0 Å². The second kappa shape index (κ2) is 6.72. The molecule has 0 aromatic heterocycles. The maximum absolute atomic E-state index is 12.4. The lowest BCUT2D eigenvalue weighted by Gasteiger charge is -2.12. The number of hydrogen-bond acceptors (Lipinski definition) is 3. The molecule has 0 amide bonds. The number of ether oxygens (including phenoxy) is 1. The molecule has 0 atom stereocenters. The Morgan fingerprint density at radius 3 is 2.23 bits per heavy atom. The molecule has 2 rings (SSSR count). The topological polar surface area (TPSA) is 55.4 Å². The number of halogens is 4. The molecule has 0 spiro atoms. The molecule has 0 radical (unpaired) electrons. The number of benzene rings is 2. The van der Waals surface area contributed by atoms with Gasteiger partial charge in [-0.3, -0.25) is 4.72 Å². The zero-order chi connectivity index (χ0) is 16.5. The predicted molar refractivity (Wildman–Crippen MR) is 90.3 cm³/mol. The predicted octanol–water partition coefficient (Wildman–Crippen LogP) is 5.11. The highest BCUT2D eigenvalue weighted by molar-refractivity contribution is 7.92. The molecule has 2 aromatic rings. The Morgan fingerprint density at radius 2 is 1.64 bits per heavy atom. The van der Waals surface area contributed by atoms with Crippen LogP contribution in [0.1, 0.15) is 0 Å². The standard InChI is InChI=1S/C13H9Cl4NO3S/c1-21-10-4-5-11(13(17)12(10)16)22(19,20)18-7-2-3-8(14)9(15)6-7/h2-6,18H,1H3. The number of anilines is 1. The van der Waals surface area contributed by atoms with Crippen molar-refractivity contribution in [3.63, 3.8) is 0 Å². The normalized spacial score (nSPS) is 11.3. The van der Waals surface area contributed by atoms with Gasteiger partial charge in [0.15, 0.2) is 0 Å². The maximum Gasteiger partial charge on any atom is 0.263 e. The van der Waals surface area contributed by atoms with Gasteiger partial charge >= 0.3 is 0 Å². The highest BCUT2D eigenvalue weighted by Gasteiger charge is 2.22. The Kier molecular flexibility index (Phi) is 5.35. The van der Waals surface area contributed by atoms with Gasteiger partial charge in [0.2, 0.25) is 0 Å². The monoisotopic (exact) mass is 399 g/mol. The van der Waals surface area contributed by atoms with Crippen LogP contribution < -0.4 is 9.46 Å². The van der Waals surface area contributed by atoms with Crippen molar-refractivity contribution in [2.24, 2.45) is 0 Å². The maximum atomic E-state index is 12.4. The molecule has 0 heterocycles. The Hall–Kier alpha value is -0.850. The molecular weight excluding hydrogens is 392 g/mol. The minimum absolute atomic E-state index is 0.0150. The molecular formula is C13H9Cl4NO3S. The van der Waals surface area contributed by atoms with E-state index in [-0.39, 0.29) is 31.4 Å². The fourth-order valence-electron chi connectivity index (χ4n) is 1.65. The molecule has 0 fully saturated rings. The molecule has 4 nitrogen and oxygen atoms in total. The van der Waals surface area contributed by atoms with Crippen LogP contribution in [0.4, 0.5) is 5.69 Å². The fraction of sp³-hybridized carbons (Fsp3) is 0.0769. The minimum atomic E-state index is -3.94. The van der Waals surface area contributed by atoms with Crippen LogP contribution in [0, 0.1) is 0 Å². The first-order valence-electron chi connectivity index (χ1n) is 5.76. The molecule has 0 bridgehead atoms. The van der Waals surface area contributed by atoms with Crippen molar-refractivity contribution in [2.75, 3.05) is 11.8 Å². The molecule has 0 aliphatic carbocycles. The van der Waals surface area contributed by atoms with Crippen molar-refractivity contribution in [1.29, 1.82) is 0 Å². The summed E-state index contributed by atoms with van der Waals surface area (Å²) in [6.07, 6.45) is 0. The number of sulfonamides is 1. The zero-order valence-electron chi connectivity index (χ0n) is 11.0. The van der Waals surface area contributed by atoms with E-state index in [1.807, 2.05) is 0 Å². The number of hydrogen-bond donors (Lipinski definition) is 1. The molecule has 0 saturated heterocycles.